The number of para-hydroxylation sites is 1. The molecule has 0 spiro atoms. The third-order valence-corrected chi connectivity index (χ3v) is 3.10. The molecule has 0 aliphatic heterocycles. The molecule has 1 atom stereocenters. The Morgan fingerprint density at radius 2 is 1.85 bits per heavy atom. The van der Waals surface area contributed by atoms with Gasteiger partial charge in [-0.3, -0.25) is 0 Å². The largest absolute Gasteiger partial charge is 0.496 e. The van der Waals surface area contributed by atoms with Gasteiger partial charge in [0.1, 0.15) is 11.6 Å². The smallest absolute Gasteiger partial charge is 0.123 e. The third kappa shape index (κ3) is 3.79. The van der Waals surface area contributed by atoms with Gasteiger partial charge >= 0.3 is 0 Å². The molecule has 20 heavy (non-hydrogen) atoms. The van der Waals surface area contributed by atoms with Gasteiger partial charge in [0.25, 0.3) is 0 Å². The highest BCUT2D eigenvalue weighted by molar-refractivity contribution is 5.33. The first-order valence-electron chi connectivity index (χ1n) is 6.47. The van der Waals surface area contributed by atoms with Gasteiger partial charge in [-0.25, -0.2) is 4.39 Å². The van der Waals surface area contributed by atoms with Gasteiger partial charge in [-0.1, -0.05) is 30.3 Å². The first kappa shape index (κ1) is 14.5. The number of ether oxygens (including phenoxy) is 1. The molecule has 0 amide bonds. The van der Waals surface area contributed by atoms with E-state index in [4.69, 9.17) is 4.74 Å². The lowest BCUT2D eigenvalue weighted by molar-refractivity contribution is 0.174. The van der Waals surface area contributed by atoms with Crippen molar-refractivity contribution in [2.24, 2.45) is 0 Å². The number of methoxy groups -OCH3 is 1. The highest BCUT2D eigenvalue weighted by atomic mass is 19.1. The van der Waals surface area contributed by atoms with Gasteiger partial charge in [0.2, 0.25) is 0 Å². The Hall–Kier alpha value is -1.91. The second-order valence-corrected chi connectivity index (χ2v) is 4.51. The Balaban J connectivity index is 1.87. The quantitative estimate of drug-likeness (QED) is 0.851. The fourth-order valence-electron chi connectivity index (χ4n) is 2.00. The highest BCUT2D eigenvalue weighted by Gasteiger charge is 2.08. The Kier molecular flexibility index (Phi) is 5.09. The molecule has 2 N–H and O–H groups in total. The first-order valence-corrected chi connectivity index (χ1v) is 6.47. The topological polar surface area (TPSA) is 41.5 Å². The molecule has 4 heteroatoms. The van der Waals surface area contributed by atoms with E-state index in [2.05, 4.69) is 5.32 Å². The zero-order valence-electron chi connectivity index (χ0n) is 11.3. The van der Waals surface area contributed by atoms with Crippen LogP contribution in [0, 0.1) is 5.82 Å². The summed E-state index contributed by atoms with van der Waals surface area (Å²) in [4.78, 5) is 0. The van der Waals surface area contributed by atoms with Crippen LogP contribution in [0.5, 0.6) is 5.75 Å². The summed E-state index contributed by atoms with van der Waals surface area (Å²) < 4.78 is 18.1. The summed E-state index contributed by atoms with van der Waals surface area (Å²) in [7, 11) is 1.63. The molecule has 106 valence electrons. The van der Waals surface area contributed by atoms with Gasteiger partial charge in [-0.05, 0) is 23.8 Å². The Morgan fingerprint density at radius 1 is 1.15 bits per heavy atom. The number of aliphatic hydroxyl groups excluding tert-OH is 1. The van der Waals surface area contributed by atoms with Crippen LogP contribution in [0.3, 0.4) is 0 Å². The van der Waals surface area contributed by atoms with Gasteiger partial charge in [0, 0.05) is 18.7 Å². The molecule has 0 saturated carbocycles. The van der Waals surface area contributed by atoms with Gasteiger partial charge in [-0.2, -0.15) is 0 Å². The molecule has 2 rings (SSSR count). The number of hydrogen-bond acceptors (Lipinski definition) is 3. The molecule has 2 aromatic carbocycles. The van der Waals surface area contributed by atoms with Crippen LogP contribution >= 0.6 is 0 Å². The molecule has 0 aromatic heterocycles. The predicted molar refractivity (Wildman–Crippen MR) is 76.1 cm³/mol. The second-order valence-electron chi connectivity index (χ2n) is 4.51. The fraction of sp³-hybridized carbons (Fsp3) is 0.250. The average Bonchev–Trinajstić information content (AvgIpc) is 2.48. The monoisotopic (exact) mass is 275 g/mol. The minimum atomic E-state index is -0.662. The van der Waals surface area contributed by atoms with Crippen LogP contribution in [0.4, 0.5) is 4.39 Å². The van der Waals surface area contributed by atoms with Crippen molar-refractivity contribution in [2.75, 3.05) is 13.7 Å². The van der Waals surface area contributed by atoms with Crippen molar-refractivity contribution in [2.45, 2.75) is 12.6 Å². The van der Waals surface area contributed by atoms with Gasteiger partial charge in [-0.15, -0.1) is 0 Å². The zero-order valence-corrected chi connectivity index (χ0v) is 11.3. The zero-order chi connectivity index (χ0) is 14.4. The van der Waals surface area contributed by atoms with Crippen molar-refractivity contribution >= 4 is 0 Å². The van der Waals surface area contributed by atoms with E-state index in [0.29, 0.717) is 18.7 Å². The molecular weight excluding hydrogens is 257 g/mol. The molecule has 0 bridgehead atoms. The third-order valence-electron chi connectivity index (χ3n) is 3.10. The second kappa shape index (κ2) is 7.03. The van der Waals surface area contributed by atoms with Crippen LogP contribution in [0.2, 0.25) is 0 Å². The summed E-state index contributed by atoms with van der Waals surface area (Å²) in [5, 5.41) is 13.2. The van der Waals surface area contributed by atoms with Gasteiger partial charge < -0.3 is 15.2 Å². The number of halogens is 1. The van der Waals surface area contributed by atoms with Gasteiger partial charge in [0.15, 0.2) is 0 Å². The normalized spacial score (nSPS) is 12.2. The average molecular weight is 275 g/mol. The molecule has 0 fully saturated rings. The van der Waals surface area contributed by atoms with Crippen molar-refractivity contribution in [3.63, 3.8) is 0 Å². The highest BCUT2D eigenvalue weighted by Crippen LogP contribution is 2.17. The summed E-state index contributed by atoms with van der Waals surface area (Å²) in [5.41, 5.74) is 1.72. The molecule has 3 nitrogen and oxygen atoms in total. The predicted octanol–water partition coefficient (Wildman–Crippen LogP) is 2.66. The number of hydrogen-bond donors (Lipinski definition) is 2. The summed E-state index contributed by atoms with van der Waals surface area (Å²) in [5.74, 6) is 0.513. The van der Waals surface area contributed by atoms with Crippen LogP contribution in [0.15, 0.2) is 48.5 Å². The Labute approximate surface area is 118 Å². The minimum Gasteiger partial charge on any atom is -0.496 e. The van der Waals surface area contributed by atoms with Crippen LogP contribution in [0.25, 0.3) is 0 Å². The van der Waals surface area contributed by atoms with E-state index in [1.54, 1.807) is 19.2 Å². The SMILES string of the molecule is COc1ccccc1CNCC(O)c1ccc(F)cc1. The molecular formula is C16H18FNO2. The maximum Gasteiger partial charge on any atom is 0.123 e. The van der Waals surface area contributed by atoms with E-state index in [1.165, 1.54) is 12.1 Å². The maximum absolute atomic E-state index is 12.8. The number of rotatable bonds is 6. The summed E-state index contributed by atoms with van der Waals surface area (Å²) >= 11 is 0. The lowest BCUT2D eigenvalue weighted by atomic mass is 10.1. The molecule has 0 saturated heterocycles. The lowest BCUT2D eigenvalue weighted by Gasteiger charge is -2.13. The first-order chi connectivity index (χ1) is 9.70. The van der Waals surface area contributed by atoms with Crippen LogP contribution in [-0.4, -0.2) is 18.8 Å². The minimum absolute atomic E-state index is 0.303. The molecule has 0 aliphatic carbocycles. The van der Waals surface area contributed by atoms with Crippen LogP contribution in [-0.2, 0) is 6.54 Å². The number of aliphatic hydroxyl groups is 1. The molecule has 0 aliphatic rings. The van der Waals surface area contributed by atoms with E-state index in [-0.39, 0.29) is 5.82 Å². The standard InChI is InChI=1S/C16H18FNO2/c1-20-16-5-3-2-4-13(16)10-18-11-15(19)12-6-8-14(17)9-7-12/h2-9,15,18-19H,10-11H2,1H3. The van der Waals surface area contributed by atoms with Crippen molar-refractivity contribution in [1.82, 2.24) is 5.32 Å². The fourth-order valence-corrected chi connectivity index (χ4v) is 2.00. The number of benzene rings is 2. The summed E-state index contributed by atoms with van der Waals surface area (Å²) in [6.07, 6.45) is -0.662. The maximum atomic E-state index is 12.8. The Bertz CT molecular complexity index is 542. The van der Waals surface area contributed by atoms with E-state index >= 15 is 0 Å². The van der Waals surface area contributed by atoms with E-state index in [9.17, 15) is 9.50 Å². The summed E-state index contributed by atoms with van der Waals surface area (Å²) in [6.45, 7) is 0.992. The van der Waals surface area contributed by atoms with E-state index < -0.39 is 6.10 Å². The van der Waals surface area contributed by atoms with Crippen molar-refractivity contribution in [1.29, 1.82) is 0 Å². The molecule has 0 heterocycles. The number of nitrogens with one attached hydrogen (secondary N) is 1. The van der Waals surface area contributed by atoms with Crippen LogP contribution in [0.1, 0.15) is 17.2 Å². The van der Waals surface area contributed by atoms with Gasteiger partial charge in [0.05, 0.1) is 13.2 Å². The van der Waals surface area contributed by atoms with Crippen molar-refractivity contribution in [3.05, 3.63) is 65.5 Å². The Morgan fingerprint density at radius 3 is 2.55 bits per heavy atom. The summed E-state index contributed by atoms with van der Waals surface area (Å²) in [6, 6.07) is 13.6. The van der Waals surface area contributed by atoms with Crippen molar-refractivity contribution in [3.8, 4) is 5.75 Å². The van der Waals surface area contributed by atoms with E-state index in [1.807, 2.05) is 24.3 Å². The van der Waals surface area contributed by atoms with E-state index in [0.717, 1.165) is 11.3 Å². The molecule has 2 aromatic rings. The molecule has 0 radical (unpaired) electrons. The lowest BCUT2D eigenvalue weighted by Crippen LogP contribution is -2.21. The van der Waals surface area contributed by atoms with Crippen molar-refractivity contribution < 1.29 is 14.2 Å². The van der Waals surface area contributed by atoms with Crippen LogP contribution < -0.4 is 10.1 Å². The molecule has 1 unspecified atom stereocenters.